The van der Waals surface area contributed by atoms with E-state index in [2.05, 4.69) is 31.6 Å². The fourth-order valence-corrected chi connectivity index (χ4v) is 5.84. The second-order valence-corrected chi connectivity index (χ2v) is 12.1. The lowest BCUT2D eigenvalue weighted by Gasteiger charge is -2.39. The van der Waals surface area contributed by atoms with Gasteiger partial charge in [-0.1, -0.05) is 116 Å². The average Bonchev–Trinajstić information content (AvgIpc) is 3.12. The lowest BCUT2D eigenvalue weighted by atomic mass is 9.70. The number of oxime groups is 4. The van der Waals surface area contributed by atoms with Gasteiger partial charge < -0.3 is 28.5 Å². The Morgan fingerprint density at radius 1 is 0.574 bits per heavy atom. The number of aliphatic imine (C=N–C) groups is 2. The highest BCUT2D eigenvalue weighted by atomic mass is 35.5. The molecular weight excluding hydrogens is 625 g/mol. The van der Waals surface area contributed by atoms with Gasteiger partial charge >= 0.3 is 13.5 Å². The van der Waals surface area contributed by atoms with E-state index in [9.17, 15) is 0 Å². The summed E-state index contributed by atoms with van der Waals surface area (Å²) in [5.74, 6) is 0.465. The minimum Gasteiger partial charge on any atom is -0.556 e. The van der Waals surface area contributed by atoms with Crippen LogP contribution in [0.1, 0.15) is 64.2 Å². The smallest absolute Gasteiger partial charge is 0.556 e. The van der Waals surface area contributed by atoms with E-state index in [1.807, 2.05) is 24.3 Å². The molecule has 0 amide bonds. The standard InChI is InChI=1S/C30H37B2ClN8O6/c33-28-21-34-42-31(24-13-5-1-6-14-24)43-35-22-29(37-26-17-9-3-10-18-26)40-46-32(45-39-28,25-15-7-2-8-16-25)47-41-30(23-36-44-31)38-27-19-11-4-12-20-27/h1-2,5-8,13-16,21-23,26-27H,3-4,9-12,17-20H2,(H,37,40)(H,38,41)/q-2/b34-21-,35-22-,36-23?,39-28+. The van der Waals surface area contributed by atoms with Crippen molar-refractivity contribution in [3.05, 3.63) is 60.7 Å². The summed E-state index contributed by atoms with van der Waals surface area (Å²) < 4.78 is 36.4. The highest BCUT2D eigenvalue weighted by Gasteiger charge is 2.41. The molecule has 5 aliphatic rings. The molecule has 3 heterocycles. The highest BCUT2D eigenvalue weighted by Crippen LogP contribution is 2.22. The molecule has 2 saturated carbocycles. The summed E-state index contributed by atoms with van der Waals surface area (Å²) in [6.45, 7) is -5.97. The molecule has 0 aromatic heterocycles. The molecule has 248 valence electrons. The molecule has 2 atom stereocenters. The monoisotopic (exact) mass is 662 g/mol. The number of nitrogens with zero attached hydrogens (tertiary/aromatic N) is 6. The molecule has 2 bridgehead atoms. The Hall–Kier alpha value is -4.40. The van der Waals surface area contributed by atoms with Gasteiger partial charge in [0.15, 0.2) is 16.8 Å². The maximum atomic E-state index is 6.42. The van der Waals surface area contributed by atoms with Crippen molar-refractivity contribution in [2.45, 2.75) is 76.3 Å². The number of amidine groups is 2. The van der Waals surface area contributed by atoms with Gasteiger partial charge in [-0.3, -0.25) is 20.9 Å². The van der Waals surface area contributed by atoms with Gasteiger partial charge in [0.25, 0.3) is 0 Å². The van der Waals surface area contributed by atoms with E-state index < -0.39 is 13.5 Å². The summed E-state index contributed by atoms with van der Waals surface area (Å²) in [5, 5.41) is 16.3. The van der Waals surface area contributed by atoms with E-state index in [0.717, 1.165) is 70.4 Å². The molecule has 47 heavy (non-hydrogen) atoms. The second kappa shape index (κ2) is 15.9. The molecule has 2 aromatic rings. The first kappa shape index (κ1) is 32.5. The predicted molar refractivity (Wildman–Crippen MR) is 184 cm³/mol. The average molecular weight is 663 g/mol. The van der Waals surface area contributed by atoms with Crippen LogP contribution in [0.2, 0.25) is 0 Å². The summed E-state index contributed by atoms with van der Waals surface area (Å²) in [6.07, 6.45) is 14.1. The maximum absolute atomic E-state index is 6.42. The number of benzene rings is 2. The molecule has 2 N–H and O–H groups in total. The Bertz CT molecular complexity index is 1450. The molecule has 17 heteroatoms. The van der Waals surface area contributed by atoms with Gasteiger partial charge in [-0.25, -0.2) is 0 Å². The van der Waals surface area contributed by atoms with Gasteiger partial charge in [-0.05, 0) is 25.7 Å². The van der Waals surface area contributed by atoms with Crippen molar-refractivity contribution in [3.63, 3.8) is 0 Å². The molecular formula is C30H37B2ClN8O6-2. The first-order valence-corrected chi connectivity index (χ1v) is 16.5. The molecule has 14 nitrogen and oxygen atoms in total. The van der Waals surface area contributed by atoms with Gasteiger partial charge in [0.2, 0.25) is 0 Å². The summed E-state index contributed by atoms with van der Waals surface area (Å²) in [6, 6.07) is 17.9. The lowest BCUT2D eigenvalue weighted by molar-refractivity contribution is 0.0366. The molecule has 0 radical (unpaired) electrons. The number of hydrogen-bond donors (Lipinski definition) is 2. The van der Waals surface area contributed by atoms with Crippen molar-refractivity contribution in [1.82, 2.24) is 11.0 Å². The molecule has 2 aromatic carbocycles. The predicted octanol–water partition coefficient (Wildman–Crippen LogP) is 3.79. The summed E-state index contributed by atoms with van der Waals surface area (Å²) in [4.78, 5) is 9.76. The number of nitrogens with one attached hydrogen (secondary N) is 2. The van der Waals surface area contributed by atoms with Gasteiger partial charge in [0, 0.05) is 0 Å². The third-order valence-corrected chi connectivity index (χ3v) is 8.40. The first-order chi connectivity index (χ1) is 23.1. The zero-order valence-corrected chi connectivity index (χ0v) is 26.7. The van der Waals surface area contributed by atoms with Gasteiger partial charge in [-0.2, -0.15) is 0 Å². The van der Waals surface area contributed by atoms with Crippen LogP contribution in [0, 0.1) is 0 Å². The Morgan fingerprint density at radius 3 is 1.51 bits per heavy atom. The third-order valence-electron chi connectivity index (χ3n) is 8.23. The molecule has 3 aliphatic heterocycles. The van der Waals surface area contributed by atoms with Crippen LogP contribution < -0.4 is 21.9 Å². The van der Waals surface area contributed by atoms with E-state index in [1.54, 1.807) is 36.4 Å². The Labute approximate surface area is 278 Å². The van der Waals surface area contributed by atoms with Crippen molar-refractivity contribution in [1.29, 1.82) is 0 Å². The second-order valence-electron chi connectivity index (χ2n) is 11.7. The Balaban J connectivity index is 1.49. The third kappa shape index (κ3) is 8.70. The first-order valence-electron chi connectivity index (χ1n) is 16.1. The Kier molecular flexibility index (Phi) is 11.0. The zero-order valence-electron chi connectivity index (χ0n) is 25.9. The van der Waals surface area contributed by atoms with Crippen molar-refractivity contribution < 1.29 is 28.5 Å². The van der Waals surface area contributed by atoms with Crippen LogP contribution in [-0.4, -0.2) is 61.1 Å². The van der Waals surface area contributed by atoms with E-state index in [1.165, 1.54) is 12.4 Å². The normalized spacial score (nSPS) is 30.5. The lowest BCUT2D eigenvalue weighted by Crippen LogP contribution is -2.62. The SMILES string of the molecule is ClC1=N/O[B-]2(c3ccccc3)ONC(=NC3CCCCC3)C=NO[B-](c3ccccc3)(O/N=C\C(=NC3CCCCC3)NO2)O/N=C\1. The van der Waals surface area contributed by atoms with Gasteiger partial charge in [-0.15, -0.1) is 26.1 Å². The van der Waals surface area contributed by atoms with Gasteiger partial charge in [0.1, 0.15) is 18.6 Å². The summed E-state index contributed by atoms with van der Waals surface area (Å²) >= 11 is 6.42. The van der Waals surface area contributed by atoms with E-state index >= 15 is 0 Å². The zero-order chi connectivity index (χ0) is 32.2. The van der Waals surface area contributed by atoms with Crippen LogP contribution in [0.25, 0.3) is 0 Å². The van der Waals surface area contributed by atoms with Crippen LogP contribution >= 0.6 is 11.6 Å². The molecule has 2 aliphatic carbocycles. The topological polar surface area (TPSA) is 154 Å². The van der Waals surface area contributed by atoms with Crippen LogP contribution in [-0.2, 0) is 28.5 Å². The largest absolute Gasteiger partial charge is 0.640 e. The molecule has 7 rings (SSSR count). The van der Waals surface area contributed by atoms with Crippen molar-refractivity contribution >= 4 is 71.5 Å². The van der Waals surface area contributed by atoms with E-state index in [4.69, 9.17) is 50.1 Å². The minimum atomic E-state index is -2.99. The molecule has 2 unspecified atom stereocenters. The van der Waals surface area contributed by atoms with Crippen LogP contribution in [0.15, 0.2) is 91.3 Å². The summed E-state index contributed by atoms with van der Waals surface area (Å²) in [7, 11) is 0. The summed E-state index contributed by atoms with van der Waals surface area (Å²) in [5.41, 5.74) is 6.71. The van der Waals surface area contributed by atoms with Crippen molar-refractivity contribution in [3.8, 4) is 0 Å². The maximum Gasteiger partial charge on any atom is 0.640 e. The van der Waals surface area contributed by atoms with E-state index in [-0.39, 0.29) is 28.9 Å². The molecule has 0 saturated heterocycles. The van der Waals surface area contributed by atoms with Crippen LogP contribution in [0.3, 0.4) is 0 Å². The molecule has 2 fully saturated rings. The molecule has 0 spiro atoms. The van der Waals surface area contributed by atoms with Crippen LogP contribution in [0.5, 0.6) is 0 Å². The fraction of sp³-hybridized carbons (Fsp3) is 0.400. The van der Waals surface area contributed by atoms with Crippen molar-refractivity contribution in [2.75, 3.05) is 0 Å². The van der Waals surface area contributed by atoms with Crippen LogP contribution in [0.4, 0.5) is 0 Å². The highest BCUT2D eigenvalue weighted by molar-refractivity contribution is 6.81. The number of halogens is 1. The number of hydroxylamine groups is 2. The van der Waals surface area contributed by atoms with E-state index in [0.29, 0.717) is 10.9 Å². The minimum absolute atomic E-state index is 0.0328. The van der Waals surface area contributed by atoms with Crippen molar-refractivity contribution in [2.24, 2.45) is 30.6 Å². The fourth-order valence-electron chi connectivity index (χ4n) is 5.76. The van der Waals surface area contributed by atoms with Gasteiger partial charge in [0.05, 0.1) is 12.1 Å². The number of rotatable bonds is 4. The number of hydrogen-bond acceptors (Lipinski definition) is 12. The quantitative estimate of drug-likeness (QED) is 0.469. The number of fused-ring (bicyclic) bond motifs is 11. The Morgan fingerprint density at radius 2 is 1.02 bits per heavy atom.